The highest BCUT2D eigenvalue weighted by Gasteiger charge is 2.62. The smallest absolute Gasteiger partial charge is 0.170 e. The third-order valence-electron chi connectivity index (χ3n) is 6.40. The second kappa shape index (κ2) is 4.71. The SMILES string of the molecule is CC1CC12CCC(OC1CNCCO1)C(C)(C)C2C. The van der Waals surface area contributed by atoms with Crippen molar-refractivity contribution in [3.63, 3.8) is 0 Å². The van der Waals surface area contributed by atoms with Gasteiger partial charge in [-0.15, -0.1) is 0 Å². The highest BCUT2D eigenvalue weighted by atomic mass is 16.7. The summed E-state index contributed by atoms with van der Waals surface area (Å²) in [6, 6.07) is 0. The number of morpholine rings is 1. The molecule has 5 unspecified atom stereocenters. The molecule has 0 radical (unpaired) electrons. The Morgan fingerprint density at radius 1 is 1.26 bits per heavy atom. The molecule has 110 valence electrons. The molecule has 1 spiro atoms. The van der Waals surface area contributed by atoms with Crippen LogP contribution < -0.4 is 5.32 Å². The fourth-order valence-electron chi connectivity index (χ4n) is 4.53. The van der Waals surface area contributed by atoms with E-state index in [2.05, 4.69) is 33.0 Å². The van der Waals surface area contributed by atoms with Crippen molar-refractivity contribution >= 4 is 0 Å². The summed E-state index contributed by atoms with van der Waals surface area (Å²) in [6.07, 6.45) is 4.25. The zero-order valence-electron chi connectivity index (χ0n) is 12.9. The highest BCUT2D eigenvalue weighted by Crippen LogP contribution is 2.68. The number of rotatable bonds is 2. The Morgan fingerprint density at radius 2 is 2.00 bits per heavy atom. The van der Waals surface area contributed by atoms with Crippen LogP contribution in [0.3, 0.4) is 0 Å². The van der Waals surface area contributed by atoms with Gasteiger partial charge in [0.25, 0.3) is 0 Å². The molecule has 2 saturated carbocycles. The lowest BCUT2D eigenvalue weighted by Crippen LogP contribution is -2.50. The van der Waals surface area contributed by atoms with E-state index in [1.807, 2.05) is 0 Å². The van der Waals surface area contributed by atoms with Crippen LogP contribution in [0, 0.1) is 22.7 Å². The van der Waals surface area contributed by atoms with Crippen LogP contribution in [-0.2, 0) is 9.47 Å². The molecular weight excluding hydrogens is 238 g/mol. The molecule has 0 amide bonds. The quantitative estimate of drug-likeness (QED) is 0.834. The molecule has 19 heavy (non-hydrogen) atoms. The molecule has 0 aromatic rings. The van der Waals surface area contributed by atoms with Crippen LogP contribution in [0.1, 0.15) is 47.0 Å². The van der Waals surface area contributed by atoms with Crippen LogP contribution in [0.25, 0.3) is 0 Å². The Kier molecular flexibility index (Phi) is 3.43. The molecule has 5 atom stereocenters. The lowest BCUT2D eigenvalue weighted by atomic mass is 9.60. The van der Waals surface area contributed by atoms with Crippen LogP contribution in [0.4, 0.5) is 0 Å². The second-order valence-corrected chi connectivity index (χ2v) is 7.55. The van der Waals surface area contributed by atoms with Gasteiger partial charge in [-0.05, 0) is 41.9 Å². The maximum absolute atomic E-state index is 6.29. The summed E-state index contributed by atoms with van der Waals surface area (Å²) in [5.74, 6) is 1.65. The van der Waals surface area contributed by atoms with Crippen LogP contribution in [0.15, 0.2) is 0 Å². The van der Waals surface area contributed by atoms with Gasteiger partial charge in [0.05, 0.1) is 12.7 Å². The molecule has 2 aliphatic carbocycles. The molecule has 3 aliphatic rings. The largest absolute Gasteiger partial charge is 0.350 e. The molecule has 1 aliphatic heterocycles. The Balaban J connectivity index is 1.66. The molecule has 1 saturated heterocycles. The summed E-state index contributed by atoms with van der Waals surface area (Å²) in [7, 11) is 0. The predicted molar refractivity (Wildman–Crippen MR) is 75.9 cm³/mol. The van der Waals surface area contributed by atoms with Gasteiger partial charge in [-0.25, -0.2) is 0 Å². The maximum atomic E-state index is 6.29. The van der Waals surface area contributed by atoms with E-state index in [1.165, 1.54) is 19.3 Å². The topological polar surface area (TPSA) is 30.5 Å². The van der Waals surface area contributed by atoms with Crippen LogP contribution in [-0.4, -0.2) is 32.1 Å². The van der Waals surface area contributed by atoms with E-state index < -0.39 is 0 Å². The van der Waals surface area contributed by atoms with E-state index in [9.17, 15) is 0 Å². The van der Waals surface area contributed by atoms with Crippen molar-refractivity contribution in [1.82, 2.24) is 5.32 Å². The van der Waals surface area contributed by atoms with Gasteiger partial charge in [0.2, 0.25) is 0 Å². The van der Waals surface area contributed by atoms with E-state index >= 15 is 0 Å². The molecular formula is C16H29NO2. The number of ether oxygens (including phenoxy) is 2. The average Bonchev–Trinajstić information content (AvgIpc) is 3.04. The zero-order valence-corrected chi connectivity index (χ0v) is 12.9. The minimum Gasteiger partial charge on any atom is -0.350 e. The van der Waals surface area contributed by atoms with Crippen molar-refractivity contribution in [3.8, 4) is 0 Å². The van der Waals surface area contributed by atoms with E-state index in [4.69, 9.17) is 9.47 Å². The van der Waals surface area contributed by atoms with Gasteiger partial charge >= 0.3 is 0 Å². The Labute approximate surface area is 117 Å². The number of nitrogens with one attached hydrogen (secondary N) is 1. The molecule has 0 aromatic carbocycles. The molecule has 3 heteroatoms. The standard InChI is InChI=1S/C16H29NO2/c1-11-9-16(11)6-5-13(15(3,4)12(16)2)19-14-10-17-7-8-18-14/h11-14,17H,5-10H2,1-4H3. The lowest BCUT2D eigenvalue weighted by molar-refractivity contribution is -0.222. The van der Waals surface area contributed by atoms with Gasteiger partial charge < -0.3 is 14.8 Å². The van der Waals surface area contributed by atoms with Crippen molar-refractivity contribution in [2.45, 2.75) is 59.4 Å². The van der Waals surface area contributed by atoms with E-state index in [1.54, 1.807) is 0 Å². The molecule has 0 aromatic heterocycles. The van der Waals surface area contributed by atoms with Crippen molar-refractivity contribution in [2.75, 3.05) is 19.7 Å². The van der Waals surface area contributed by atoms with Gasteiger partial charge in [-0.2, -0.15) is 0 Å². The van der Waals surface area contributed by atoms with Crippen molar-refractivity contribution in [3.05, 3.63) is 0 Å². The summed E-state index contributed by atoms with van der Waals surface area (Å²) < 4.78 is 12.0. The molecule has 1 N–H and O–H groups in total. The number of hydrogen-bond donors (Lipinski definition) is 1. The predicted octanol–water partition coefficient (Wildman–Crippen LogP) is 2.80. The zero-order chi connectivity index (χ0) is 13.7. The normalized spacial score (nSPS) is 49.3. The molecule has 0 bridgehead atoms. The Bertz CT molecular complexity index is 338. The summed E-state index contributed by atoms with van der Waals surface area (Å²) in [5, 5.41) is 3.35. The summed E-state index contributed by atoms with van der Waals surface area (Å²) >= 11 is 0. The minimum absolute atomic E-state index is 0.0455. The summed E-state index contributed by atoms with van der Waals surface area (Å²) in [5.41, 5.74) is 0.874. The van der Waals surface area contributed by atoms with Crippen LogP contribution >= 0.6 is 0 Å². The maximum Gasteiger partial charge on any atom is 0.170 e. The van der Waals surface area contributed by atoms with Gasteiger partial charge in [0.1, 0.15) is 0 Å². The van der Waals surface area contributed by atoms with E-state index in [0.29, 0.717) is 11.5 Å². The first kappa shape index (κ1) is 13.8. The van der Waals surface area contributed by atoms with Gasteiger partial charge in [0, 0.05) is 13.1 Å². The van der Waals surface area contributed by atoms with Gasteiger partial charge in [-0.1, -0.05) is 27.7 Å². The fourth-order valence-corrected chi connectivity index (χ4v) is 4.53. The summed E-state index contributed by atoms with van der Waals surface area (Å²) in [6.45, 7) is 12.2. The Hall–Kier alpha value is -0.120. The first-order valence-electron chi connectivity index (χ1n) is 7.94. The van der Waals surface area contributed by atoms with Gasteiger partial charge in [-0.3, -0.25) is 0 Å². The molecule has 3 fully saturated rings. The fraction of sp³-hybridized carbons (Fsp3) is 1.00. The van der Waals surface area contributed by atoms with Gasteiger partial charge in [0.15, 0.2) is 6.29 Å². The van der Waals surface area contributed by atoms with Crippen molar-refractivity contribution in [1.29, 1.82) is 0 Å². The average molecular weight is 267 g/mol. The highest BCUT2D eigenvalue weighted by molar-refractivity contribution is 5.11. The van der Waals surface area contributed by atoms with Crippen LogP contribution in [0.5, 0.6) is 0 Å². The first-order chi connectivity index (χ1) is 8.97. The molecule has 1 heterocycles. The number of hydrogen-bond acceptors (Lipinski definition) is 3. The van der Waals surface area contributed by atoms with Crippen molar-refractivity contribution < 1.29 is 9.47 Å². The lowest BCUT2D eigenvalue weighted by Gasteiger charge is -2.49. The monoisotopic (exact) mass is 267 g/mol. The first-order valence-corrected chi connectivity index (χ1v) is 7.94. The molecule has 3 nitrogen and oxygen atoms in total. The third-order valence-corrected chi connectivity index (χ3v) is 6.40. The third kappa shape index (κ3) is 2.24. The van der Waals surface area contributed by atoms with E-state index in [-0.39, 0.29) is 11.7 Å². The minimum atomic E-state index is -0.0455. The van der Waals surface area contributed by atoms with E-state index in [0.717, 1.165) is 31.5 Å². The summed E-state index contributed by atoms with van der Waals surface area (Å²) in [4.78, 5) is 0. The van der Waals surface area contributed by atoms with Crippen molar-refractivity contribution in [2.24, 2.45) is 22.7 Å². The second-order valence-electron chi connectivity index (χ2n) is 7.55. The Morgan fingerprint density at radius 3 is 2.58 bits per heavy atom. The van der Waals surface area contributed by atoms with Crippen LogP contribution in [0.2, 0.25) is 0 Å². The molecule has 3 rings (SSSR count).